The smallest absolute Gasteiger partial charge is 0.395 e. The van der Waals surface area contributed by atoms with Crippen molar-refractivity contribution in [3.63, 3.8) is 0 Å². The third-order valence-corrected chi connectivity index (χ3v) is 2.08. The molecule has 0 atom stereocenters. The van der Waals surface area contributed by atoms with Crippen LogP contribution < -0.4 is 9.47 Å². The molecular weight excluding hydrogens is 190 g/mol. The lowest BCUT2D eigenvalue weighted by molar-refractivity contribution is -0.287. The van der Waals surface area contributed by atoms with E-state index in [0.717, 1.165) is 5.56 Å². The molecule has 0 aliphatic carbocycles. The second-order valence-electron chi connectivity index (χ2n) is 3.50. The lowest BCUT2D eigenvalue weighted by Gasteiger charge is -2.08. The minimum Gasteiger partial charge on any atom is -0.395 e. The van der Waals surface area contributed by atoms with Crippen LogP contribution in [0.1, 0.15) is 25.3 Å². The van der Waals surface area contributed by atoms with Crippen molar-refractivity contribution in [2.24, 2.45) is 0 Å². The van der Waals surface area contributed by atoms with Gasteiger partial charge in [0.15, 0.2) is 11.5 Å². The highest BCUT2D eigenvalue weighted by Crippen LogP contribution is 2.45. The number of rotatable bonds is 1. The first-order valence-corrected chi connectivity index (χ1v) is 4.38. The van der Waals surface area contributed by atoms with E-state index in [2.05, 4.69) is 9.47 Å². The first-order chi connectivity index (χ1) is 6.49. The van der Waals surface area contributed by atoms with E-state index in [0.29, 0.717) is 0 Å². The van der Waals surface area contributed by atoms with Gasteiger partial charge in [0, 0.05) is 5.56 Å². The lowest BCUT2D eigenvalue weighted by Crippen LogP contribution is -2.26. The van der Waals surface area contributed by atoms with Crippen molar-refractivity contribution >= 4 is 0 Å². The van der Waals surface area contributed by atoms with Gasteiger partial charge in [0.2, 0.25) is 0 Å². The fourth-order valence-corrected chi connectivity index (χ4v) is 1.44. The standard InChI is InChI=1S/C10H10F2O2/c1-6(2)7-4-3-5-8-9(7)14-10(11,12)13-8/h3-6H,1-2H3. The Hall–Kier alpha value is -1.32. The molecule has 0 unspecified atom stereocenters. The zero-order valence-corrected chi connectivity index (χ0v) is 7.88. The summed E-state index contributed by atoms with van der Waals surface area (Å²) in [5.74, 6) is 0.399. The van der Waals surface area contributed by atoms with E-state index >= 15 is 0 Å². The molecule has 0 bridgehead atoms. The molecule has 1 aliphatic heterocycles. The number of ether oxygens (including phenoxy) is 2. The van der Waals surface area contributed by atoms with E-state index in [1.165, 1.54) is 6.07 Å². The van der Waals surface area contributed by atoms with Crippen LogP contribution in [0.3, 0.4) is 0 Å². The molecule has 14 heavy (non-hydrogen) atoms. The summed E-state index contributed by atoms with van der Waals surface area (Å²) in [6.07, 6.45) is -3.52. The first-order valence-electron chi connectivity index (χ1n) is 4.38. The van der Waals surface area contributed by atoms with Crippen LogP contribution in [-0.2, 0) is 0 Å². The minimum absolute atomic E-state index is 0.112. The molecule has 0 saturated carbocycles. The largest absolute Gasteiger partial charge is 0.586 e. The summed E-state index contributed by atoms with van der Waals surface area (Å²) >= 11 is 0. The van der Waals surface area contributed by atoms with E-state index < -0.39 is 6.29 Å². The Morgan fingerprint density at radius 2 is 1.93 bits per heavy atom. The molecule has 0 aromatic heterocycles. The Morgan fingerprint density at radius 3 is 2.57 bits per heavy atom. The van der Waals surface area contributed by atoms with Gasteiger partial charge in [-0.15, -0.1) is 8.78 Å². The van der Waals surface area contributed by atoms with Crippen LogP contribution in [0.4, 0.5) is 8.78 Å². The van der Waals surface area contributed by atoms with Crippen molar-refractivity contribution in [1.82, 2.24) is 0 Å². The van der Waals surface area contributed by atoms with Gasteiger partial charge < -0.3 is 9.47 Å². The lowest BCUT2D eigenvalue weighted by atomic mass is 10.0. The van der Waals surface area contributed by atoms with Crippen LogP contribution in [0.5, 0.6) is 11.5 Å². The molecule has 0 saturated heterocycles. The zero-order chi connectivity index (χ0) is 10.3. The van der Waals surface area contributed by atoms with Gasteiger partial charge in [0.05, 0.1) is 0 Å². The maximum atomic E-state index is 12.7. The highest BCUT2D eigenvalue weighted by Gasteiger charge is 2.44. The number of fused-ring (bicyclic) bond motifs is 1. The van der Waals surface area contributed by atoms with Crippen molar-refractivity contribution in [1.29, 1.82) is 0 Å². The van der Waals surface area contributed by atoms with Gasteiger partial charge in [-0.1, -0.05) is 26.0 Å². The molecule has 4 heteroatoms. The molecule has 1 aromatic rings. The maximum Gasteiger partial charge on any atom is 0.586 e. The Morgan fingerprint density at radius 1 is 1.21 bits per heavy atom. The van der Waals surface area contributed by atoms with Crippen molar-refractivity contribution in [3.05, 3.63) is 23.8 Å². The van der Waals surface area contributed by atoms with Crippen LogP contribution in [0.15, 0.2) is 18.2 Å². The Bertz CT molecular complexity index is 361. The van der Waals surface area contributed by atoms with Crippen LogP contribution in [0.2, 0.25) is 0 Å². The number of hydrogen-bond donors (Lipinski definition) is 0. The maximum absolute atomic E-state index is 12.7. The van der Waals surface area contributed by atoms with Crippen molar-refractivity contribution in [2.75, 3.05) is 0 Å². The van der Waals surface area contributed by atoms with Crippen LogP contribution in [0.25, 0.3) is 0 Å². The van der Waals surface area contributed by atoms with Crippen molar-refractivity contribution < 1.29 is 18.3 Å². The quantitative estimate of drug-likeness (QED) is 0.693. The molecule has 1 heterocycles. The van der Waals surface area contributed by atoms with E-state index in [9.17, 15) is 8.78 Å². The third kappa shape index (κ3) is 1.41. The molecule has 76 valence electrons. The molecule has 0 spiro atoms. The predicted molar refractivity (Wildman–Crippen MR) is 46.7 cm³/mol. The summed E-state index contributed by atoms with van der Waals surface area (Å²) in [5.41, 5.74) is 0.736. The first kappa shape index (κ1) is 9.24. The van der Waals surface area contributed by atoms with Gasteiger partial charge in [-0.25, -0.2) is 0 Å². The monoisotopic (exact) mass is 200 g/mol. The summed E-state index contributed by atoms with van der Waals surface area (Å²) < 4.78 is 34.2. The average molecular weight is 200 g/mol. The number of hydrogen-bond acceptors (Lipinski definition) is 2. The summed E-state index contributed by atoms with van der Waals surface area (Å²) in [7, 11) is 0. The molecule has 0 amide bonds. The molecule has 0 N–H and O–H groups in total. The summed E-state index contributed by atoms with van der Waals surface area (Å²) in [6, 6.07) is 4.91. The number of benzene rings is 1. The normalized spacial score (nSPS) is 17.5. The molecule has 0 fully saturated rings. The number of halogens is 2. The Balaban J connectivity index is 2.46. The fraction of sp³-hybridized carbons (Fsp3) is 0.400. The average Bonchev–Trinajstić information content (AvgIpc) is 2.36. The molecule has 1 aliphatic rings. The van der Waals surface area contributed by atoms with Crippen LogP contribution >= 0.6 is 0 Å². The van der Waals surface area contributed by atoms with E-state index in [4.69, 9.17) is 0 Å². The van der Waals surface area contributed by atoms with Crippen LogP contribution in [-0.4, -0.2) is 6.29 Å². The molecule has 2 nitrogen and oxygen atoms in total. The molecule has 0 radical (unpaired) electrons. The second-order valence-corrected chi connectivity index (χ2v) is 3.50. The van der Waals surface area contributed by atoms with Gasteiger partial charge in [-0.2, -0.15) is 0 Å². The Labute approximate surface area is 80.4 Å². The van der Waals surface area contributed by atoms with Crippen molar-refractivity contribution in [3.8, 4) is 11.5 Å². The minimum atomic E-state index is -3.52. The Kier molecular flexibility index (Phi) is 1.87. The van der Waals surface area contributed by atoms with Gasteiger partial charge in [0.25, 0.3) is 0 Å². The van der Waals surface area contributed by atoms with E-state index in [1.807, 2.05) is 13.8 Å². The second kappa shape index (κ2) is 2.83. The van der Waals surface area contributed by atoms with Gasteiger partial charge in [-0.3, -0.25) is 0 Å². The van der Waals surface area contributed by atoms with Gasteiger partial charge in [-0.05, 0) is 12.0 Å². The summed E-state index contributed by atoms with van der Waals surface area (Å²) in [4.78, 5) is 0. The number of alkyl halides is 2. The van der Waals surface area contributed by atoms with E-state index in [1.54, 1.807) is 12.1 Å². The van der Waals surface area contributed by atoms with Crippen LogP contribution in [0, 0.1) is 0 Å². The van der Waals surface area contributed by atoms with E-state index in [-0.39, 0.29) is 17.4 Å². The SMILES string of the molecule is CC(C)c1cccc2c1OC(F)(F)O2. The molecular formula is C10H10F2O2. The summed E-state index contributed by atoms with van der Waals surface area (Å²) in [5, 5.41) is 0. The molecule has 1 aromatic carbocycles. The third-order valence-electron chi connectivity index (χ3n) is 2.08. The topological polar surface area (TPSA) is 18.5 Å². The highest BCUT2D eigenvalue weighted by atomic mass is 19.3. The zero-order valence-electron chi connectivity index (χ0n) is 7.88. The van der Waals surface area contributed by atoms with Gasteiger partial charge >= 0.3 is 6.29 Å². The number of para-hydroxylation sites is 1. The highest BCUT2D eigenvalue weighted by molar-refractivity contribution is 5.49. The van der Waals surface area contributed by atoms with Gasteiger partial charge in [0.1, 0.15) is 0 Å². The summed E-state index contributed by atoms with van der Waals surface area (Å²) in [6.45, 7) is 3.82. The fourth-order valence-electron chi connectivity index (χ4n) is 1.44. The molecule has 2 rings (SSSR count). The van der Waals surface area contributed by atoms with Crippen molar-refractivity contribution in [2.45, 2.75) is 26.1 Å². The predicted octanol–water partition coefficient (Wildman–Crippen LogP) is 3.13.